The van der Waals surface area contributed by atoms with Gasteiger partial charge < -0.3 is 29.8 Å². The molecule has 2 aromatic carbocycles. The van der Waals surface area contributed by atoms with Crippen molar-refractivity contribution in [2.24, 2.45) is 11.3 Å². The Morgan fingerprint density at radius 2 is 1.76 bits per heavy atom. The lowest BCUT2D eigenvalue weighted by Gasteiger charge is -2.58. The van der Waals surface area contributed by atoms with Crippen LogP contribution in [0, 0.1) is 21.4 Å². The summed E-state index contributed by atoms with van der Waals surface area (Å²) in [5.74, 6) is 0.277. The normalized spacial score (nSPS) is 24.8. The average Bonchev–Trinajstić information content (AvgIpc) is 4.04. The molecule has 2 aliphatic heterocycles. The minimum absolute atomic E-state index is 0.0448. The first-order valence-electron chi connectivity index (χ1n) is 23.4. The Labute approximate surface area is 384 Å². The van der Waals surface area contributed by atoms with Gasteiger partial charge in [-0.2, -0.15) is 0 Å². The number of aromatic nitrogens is 3. The van der Waals surface area contributed by atoms with E-state index in [1.807, 2.05) is 6.07 Å². The SMILES string of the molecule is CC1CN(C2CC3(CCN(c4ccc(C(=O)NS(=O)(=O)c5cnc(NC[C@H]6CC[C@](C)(O)CC6)c([N+](=O)[O-])c5)c(Oc5cnc6[nH]ccc6c5)c4)CC3)C2)[C@H](c2ccccc2C2CC2)CO1. The number of sulfonamides is 1. The highest BCUT2D eigenvalue weighted by Gasteiger charge is 2.50. The highest BCUT2D eigenvalue weighted by molar-refractivity contribution is 7.90. The highest BCUT2D eigenvalue weighted by Crippen LogP contribution is 2.54. The molecule has 5 aromatic rings. The van der Waals surface area contributed by atoms with E-state index in [0.717, 1.165) is 88.1 Å². The summed E-state index contributed by atoms with van der Waals surface area (Å²) >= 11 is 0. The minimum atomic E-state index is -4.63. The number of benzene rings is 2. The number of hydrogen-bond donors (Lipinski definition) is 4. The lowest BCUT2D eigenvalue weighted by molar-refractivity contribution is -0.384. The minimum Gasteiger partial charge on any atom is -0.455 e. The number of nitrogens with zero attached hydrogens (tertiary/aromatic N) is 5. The third-order valence-electron chi connectivity index (χ3n) is 14.9. The van der Waals surface area contributed by atoms with Crippen molar-refractivity contribution in [2.45, 2.75) is 113 Å². The summed E-state index contributed by atoms with van der Waals surface area (Å²) in [6.45, 7) is 7.64. The second kappa shape index (κ2) is 17.6. The third-order valence-corrected chi connectivity index (χ3v) is 16.2. The van der Waals surface area contributed by atoms with Gasteiger partial charge in [0.2, 0.25) is 5.82 Å². The molecule has 1 spiro atoms. The Morgan fingerprint density at radius 3 is 2.50 bits per heavy atom. The van der Waals surface area contributed by atoms with E-state index >= 15 is 0 Å². The number of H-pyrrole nitrogens is 1. The van der Waals surface area contributed by atoms with Crippen LogP contribution in [0.25, 0.3) is 11.0 Å². The molecule has 3 aromatic heterocycles. The van der Waals surface area contributed by atoms with Gasteiger partial charge in [-0.15, -0.1) is 0 Å². The molecule has 0 bridgehead atoms. The number of carbonyl (C=O) groups is 1. The number of aliphatic hydroxyl groups is 1. The number of piperidine rings is 1. The molecular weight excluding hydrogens is 861 g/mol. The van der Waals surface area contributed by atoms with Crippen LogP contribution in [0.1, 0.15) is 112 Å². The van der Waals surface area contributed by atoms with Crippen LogP contribution in [0.5, 0.6) is 11.5 Å². The zero-order chi connectivity index (χ0) is 45.8. The lowest BCUT2D eigenvalue weighted by atomic mass is 9.59. The largest absolute Gasteiger partial charge is 0.455 e. The van der Waals surface area contributed by atoms with Crippen LogP contribution in [0.15, 0.2) is 84.1 Å². The molecule has 3 aliphatic carbocycles. The summed E-state index contributed by atoms with van der Waals surface area (Å²) in [7, 11) is -4.63. The molecule has 16 nitrogen and oxygen atoms in total. The Hall–Kier alpha value is -5.62. The fourth-order valence-electron chi connectivity index (χ4n) is 10.8. The van der Waals surface area contributed by atoms with Gasteiger partial charge in [0, 0.05) is 61.6 Å². The van der Waals surface area contributed by atoms with Gasteiger partial charge in [0.05, 0.1) is 47.2 Å². The molecule has 5 aliphatic rings. The van der Waals surface area contributed by atoms with Crippen molar-refractivity contribution in [1.82, 2.24) is 24.6 Å². The molecule has 348 valence electrons. The van der Waals surface area contributed by atoms with E-state index in [9.17, 15) is 28.4 Å². The van der Waals surface area contributed by atoms with Gasteiger partial charge in [-0.25, -0.2) is 23.1 Å². The second-order valence-electron chi connectivity index (χ2n) is 19.7. The van der Waals surface area contributed by atoms with Gasteiger partial charge in [0.15, 0.2) is 0 Å². The van der Waals surface area contributed by atoms with Crippen LogP contribution in [0.4, 0.5) is 17.2 Å². The number of fused-ring (bicyclic) bond motifs is 1. The number of carbonyl (C=O) groups excluding carboxylic acids is 1. The van der Waals surface area contributed by atoms with E-state index in [-0.39, 0.29) is 40.6 Å². The van der Waals surface area contributed by atoms with Crippen molar-refractivity contribution >= 4 is 44.2 Å². The molecule has 1 amide bonds. The first kappa shape index (κ1) is 44.2. The van der Waals surface area contributed by atoms with Crippen LogP contribution >= 0.6 is 0 Å². The molecular formula is C49H58N8O8S. The number of nitro groups is 1. The lowest BCUT2D eigenvalue weighted by Crippen LogP contribution is -2.59. The standard InChI is InChI=1S/C49H58N8O8S/c1-31-29-56(43(30-64-31)40-6-4-3-5-39(40)33-7-8-33)36-24-49(25-36)16-19-55(20-17-49)35-9-10-41(44(22-35)65-37-21-34-13-18-50-45(34)52-27-37)47(58)54-66(62,63)38-23-42(57(60)61)46(53-28-38)51-26-32-11-14-48(2,59)15-12-32/h3-6,9-10,13,18,21-23,27-28,31-33,36,43,59H,7-8,11-12,14-17,19-20,24-26,29-30H2,1-2H3,(H,50,52)(H,51,53)(H,54,58)/t31?,32-,43-,48-/m0/s1. The summed E-state index contributed by atoms with van der Waals surface area (Å²) < 4.78 is 42.2. The number of rotatable bonds is 13. The van der Waals surface area contributed by atoms with Crippen LogP contribution in [0.2, 0.25) is 0 Å². The molecule has 2 atom stereocenters. The van der Waals surface area contributed by atoms with E-state index in [0.29, 0.717) is 42.7 Å². The van der Waals surface area contributed by atoms with Gasteiger partial charge in [-0.05, 0) is 131 Å². The van der Waals surface area contributed by atoms with Crippen molar-refractivity contribution in [3.63, 3.8) is 0 Å². The number of ether oxygens (including phenoxy) is 2. The fourth-order valence-corrected chi connectivity index (χ4v) is 11.8. The number of morpholine rings is 1. The van der Waals surface area contributed by atoms with Gasteiger partial charge in [-0.3, -0.25) is 19.8 Å². The van der Waals surface area contributed by atoms with Crippen LogP contribution in [-0.2, 0) is 14.8 Å². The maximum Gasteiger partial charge on any atom is 0.312 e. The number of hydrogen-bond acceptors (Lipinski definition) is 13. The van der Waals surface area contributed by atoms with E-state index in [1.54, 1.807) is 37.4 Å². The molecule has 17 heteroatoms. The van der Waals surface area contributed by atoms with Crippen molar-refractivity contribution < 1.29 is 32.7 Å². The Kier molecular flexibility index (Phi) is 11.8. The van der Waals surface area contributed by atoms with Crippen molar-refractivity contribution in [3.05, 3.63) is 106 Å². The van der Waals surface area contributed by atoms with E-state index < -0.39 is 37.0 Å². The maximum absolute atomic E-state index is 14.0. The Morgan fingerprint density at radius 1 is 1.00 bits per heavy atom. The number of anilines is 2. The molecule has 10 rings (SSSR count). The first-order valence-corrected chi connectivity index (χ1v) is 24.8. The van der Waals surface area contributed by atoms with Crippen LogP contribution in [0.3, 0.4) is 0 Å². The summed E-state index contributed by atoms with van der Waals surface area (Å²) in [5.41, 5.74) is 3.38. The monoisotopic (exact) mass is 918 g/mol. The summed E-state index contributed by atoms with van der Waals surface area (Å²) in [6, 6.07) is 19.4. The van der Waals surface area contributed by atoms with Crippen molar-refractivity contribution in [2.75, 3.05) is 43.0 Å². The molecule has 2 saturated heterocycles. The molecule has 5 fully saturated rings. The highest BCUT2D eigenvalue weighted by atomic mass is 32.2. The Bertz CT molecular complexity index is 2730. The predicted molar refractivity (Wildman–Crippen MR) is 249 cm³/mol. The molecule has 5 heterocycles. The molecule has 66 heavy (non-hydrogen) atoms. The van der Waals surface area contributed by atoms with Crippen molar-refractivity contribution in [3.8, 4) is 11.5 Å². The van der Waals surface area contributed by atoms with Crippen LogP contribution in [-0.4, -0.2) is 94.7 Å². The zero-order valence-corrected chi connectivity index (χ0v) is 38.3. The smallest absolute Gasteiger partial charge is 0.312 e. The molecule has 4 N–H and O–H groups in total. The molecule has 0 radical (unpaired) electrons. The van der Waals surface area contributed by atoms with E-state index in [4.69, 9.17) is 9.47 Å². The molecule has 1 unspecified atom stereocenters. The number of pyridine rings is 2. The summed E-state index contributed by atoms with van der Waals surface area (Å²) in [5, 5.41) is 26.2. The fraction of sp³-hybridized carbons (Fsp3) is 0.490. The molecule has 3 saturated carbocycles. The van der Waals surface area contributed by atoms with Gasteiger partial charge >= 0.3 is 5.69 Å². The average molecular weight is 919 g/mol. The maximum atomic E-state index is 14.0. The van der Waals surface area contributed by atoms with Gasteiger partial charge in [0.1, 0.15) is 22.0 Å². The van der Waals surface area contributed by atoms with E-state index in [1.165, 1.54) is 30.2 Å². The van der Waals surface area contributed by atoms with Crippen molar-refractivity contribution in [1.29, 1.82) is 0 Å². The first-order chi connectivity index (χ1) is 31.7. The summed E-state index contributed by atoms with van der Waals surface area (Å²) in [4.78, 5) is 41.5. The summed E-state index contributed by atoms with van der Waals surface area (Å²) in [6.07, 6.45) is 14.1. The topological polar surface area (TPSA) is 205 Å². The number of amides is 1. The zero-order valence-electron chi connectivity index (χ0n) is 37.4. The van der Waals surface area contributed by atoms with Gasteiger partial charge in [-0.1, -0.05) is 24.3 Å². The van der Waals surface area contributed by atoms with Crippen LogP contribution < -0.4 is 19.7 Å². The quantitative estimate of drug-likeness (QED) is 0.0650. The third kappa shape index (κ3) is 9.22. The van der Waals surface area contributed by atoms with E-state index in [2.05, 4.69) is 66.0 Å². The number of nitrogens with one attached hydrogen (secondary N) is 3. The predicted octanol–water partition coefficient (Wildman–Crippen LogP) is 8.22. The Balaban J connectivity index is 0.838. The number of aromatic amines is 1. The second-order valence-corrected chi connectivity index (χ2v) is 21.4. The van der Waals surface area contributed by atoms with Gasteiger partial charge in [0.25, 0.3) is 15.9 Å².